The Balaban J connectivity index is 2.44. The van der Waals surface area contributed by atoms with E-state index in [0.717, 1.165) is 0 Å². The minimum Gasteiger partial charge on any atom is -0.493 e. The summed E-state index contributed by atoms with van der Waals surface area (Å²) in [6.07, 6.45) is 0. The van der Waals surface area contributed by atoms with Crippen LogP contribution in [0.1, 0.15) is 20.7 Å². The zero-order chi connectivity index (χ0) is 17.9. The summed E-state index contributed by atoms with van der Waals surface area (Å²) in [4.78, 5) is 23.8. The van der Waals surface area contributed by atoms with Crippen LogP contribution in [0.4, 0.5) is 5.69 Å². The molecule has 0 aliphatic heterocycles. The zero-order valence-electron chi connectivity index (χ0n) is 12.7. The SMILES string of the molecule is COc1cc(NC(=O)c2ccc(Cl)cc2Cl)c(C(=O)O)cc1OC. The number of carbonyl (C=O) groups excluding carboxylic acids is 1. The smallest absolute Gasteiger partial charge is 0.337 e. The number of methoxy groups -OCH3 is 2. The maximum Gasteiger partial charge on any atom is 0.337 e. The molecule has 0 radical (unpaired) electrons. The number of carboxylic acid groups (broad SMARTS) is 1. The molecule has 126 valence electrons. The number of carboxylic acids is 1. The van der Waals surface area contributed by atoms with Gasteiger partial charge < -0.3 is 19.9 Å². The molecule has 2 aromatic carbocycles. The van der Waals surface area contributed by atoms with E-state index in [9.17, 15) is 14.7 Å². The quantitative estimate of drug-likeness (QED) is 0.832. The van der Waals surface area contributed by atoms with Gasteiger partial charge in [0.05, 0.1) is 36.1 Å². The molecular weight excluding hydrogens is 357 g/mol. The second-order valence-corrected chi connectivity index (χ2v) is 5.48. The van der Waals surface area contributed by atoms with Crippen molar-refractivity contribution < 1.29 is 24.2 Å². The van der Waals surface area contributed by atoms with Crippen molar-refractivity contribution in [3.05, 3.63) is 51.5 Å². The van der Waals surface area contributed by atoms with Gasteiger partial charge in [0.15, 0.2) is 11.5 Å². The van der Waals surface area contributed by atoms with Crippen molar-refractivity contribution in [2.75, 3.05) is 19.5 Å². The van der Waals surface area contributed by atoms with Crippen LogP contribution in [-0.4, -0.2) is 31.2 Å². The van der Waals surface area contributed by atoms with E-state index in [4.69, 9.17) is 32.7 Å². The number of anilines is 1. The minimum atomic E-state index is -1.23. The third-order valence-electron chi connectivity index (χ3n) is 3.18. The van der Waals surface area contributed by atoms with Gasteiger partial charge in [0.1, 0.15) is 0 Å². The van der Waals surface area contributed by atoms with E-state index in [1.54, 1.807) is 0 Å². The van der Waals surface area contributed by atoms with Crippen molar-refractivity contribution in [3.8, 4) is 11.5 Å². The zero-order valence-corrected chi connectivity index (χ0v) is 14.2. The van der Waals surface area contributed by atoms with Crippen LogP contribution in [0.3, 0.4) is 0 Å². The number of halogens is 2. The Labute approximate surface area is 147 Å². The fourth-order valence-electron chi connectivity index (χ4n) is 2.02. The summed E-state index contributed by atoms with van der Waals surface area (Å²) in [6.45, 7) is 0. The van der Waals surface area contributed by atoms with E-state index in [-0.39, 0.29) is 33.3 Å². The van der Waals surface area contributed by atoms with Gasteiger partial charge in [0.25, 0.3) is 5.91 Å². The number of benzene rings is 2. The van der Waals surface area contributed by atoms with Crippen LogP contribution in [0.15, 0.2) is 30.3 Å². The van der Waals surface area contributed by atoms with Gasteiger partial charge in [-0.15, -0.1) is 0 Å². The molecule has 0 saturated carbocycles. The van der Waals surface area contributed by atoms with E-state index in [1.165, 1.54) is 44.6 Å². The Morgan fingerprint density at radius 3 is 2.17 bits per heavy atom. The highest BCUT2D eigenvalue weighted by molar-refractivity contribution is 6.37. The molecule has 0 bridgehead atoms. The summed E-state index contributed by atoms with van der Waals surface area (Å²) in [5, 5.41) is 12.4. The first-order valence-electron chi connectivity index (χ1n) is 6.63. The number of ether oxygens (including phenoxy) is 2. The largest absolute Gasteiger partial charge is 0.493 e. The fraction of sp³-hybridized carbons (Fsp3) is 0.125. The lowest BCUT2D eigenvalue weighted by molar-refractivity contribution is 0.0697. The molecule has 8 heteroatoms. The van der Waals surface area contributed by atoms with E-state index in [1.807, 2.05) is 0 Å². The Morgan fingerprint density at radius 2 is 1.62 bits per heavy atom. The van der Waals surface area contributed by atoms with Crippen molar-refractivity contribution in [1.82, 2.24) is 0 Å². The number of aromatic carboxylic acids is 1. The summed E-state index contributed by atoms with van der Waals surface area (Å²) in [6, 6.07) is 7.01. The molecule has 1 amide bonds. The third-order valence-corrected chi connectivity index (χ3v) is 3.73. The first-order chi connectivity index (χ1) is 11.4. The van der Waals surface area contributed by atoms with E-state index >= 15 is 0 Å². The highest BCUT2D eigenvalue weighted by Gasteiger charge is 2.19. The summed E-state index contributed by atoms with van der Waals surface area (Å²) in [5.74, 6) is -1.29. The van der Waals surface area contributed by atoms with Gasteiger partial charge in [-0.1, -0.05) is 23.2 Å². The molecule has 0 heterocycles. The van der Waals surface area contributed by atoms with Crippen LogP contribution < -0.4 is 14.8 Å². The van der Waals surface area contributed by atoms with Gasteiger partial charge in [-0.25, -0.2) is 4.79 Å². The highest BCUT2D eigenvalue weighted by atomic mass is 35.5. The monoisotopic (exact) mass is 369 g/mol. The van der Waals surface area contributed by atoms with E-state index in [0.29, 0.717) is 5.02 Å². The average molecular weight is 370 g/mol. The van der Waals surface area contributed by atoms with Crippen LogP contribution in [0.5, 0.6) is 11.5 Å². The Hall–Kier alpha value is -2.44. The summed E-state index contributed by atoms with van der Waals surface area (Å²) < 4.78 is 10.2. The molecule has 0 fully saturated rings. The Kier molecular flexibility index (Phi) is 5.54. The topological polar surface area (TPSA) is 84.9 Å². The standard InChI is InChI=1S/C16H13Cl2NO5/c1-23-13-6-10(16(21)22)12(7-14(13)24-2)19-15(20)9-4-3-8(17)5-11(9)18/h3-7H,1-2H3,(H,19,20)(H,21,22). The summed E-state index contributed by atoms with van der Waals surface area (Å²) in [5.41, 5.74) is 0.0643. The summed E-state index contributed by atoms with van der Waals surface area (Å²) >= 11 is 11.8. The predicted octanol–water partition coefficient (Wildman–Crippen LogP) is 3.96. The lowest BCUT2D eigenvalue weighted by atomic mass is 10.1. The van der Waals surface area contributed by atoms with Crippen molar-refractivity contribution >= 4 is 40.8 Å². The van der Waals surface area contributed by atoms with Crippen molar-refractivity contribution in [3.63, 3.8) is 0 Å². The average Bonchev–Trinajstić information content (AvgIpc) is 2.53. The molecule has 0 atom stereocenters. The Morgan fingerprint density at radius 1 is 1.00 bits per heavy atom. The van der Waals surface area contributed by atoms with Gasteiger partial charge in [0.2, 0.25) is 0 Å². The van der Waals surface area contributed by atoms with Gasteiger partial charge >= 0.3 is 5.97 Å². The van der Waals surface area contributed by atoms with Gasteiger partial charge in [-0.3, -0.25) is 4.79 Å². The third kappa shape index (κ3) is 3.72. The van der Waals surface area contributed by atoms with Crippen LogP contribution in [0.2, 0.25) is 10.0 Å². The maximum absolute atomic E-state index is 12.4. The molecule has 0 aromatic heterocycles. The molecule has 0 spiro atoms. The van der Waals surface area contributed by atoms with E-state index < -0.39 is 11.9 Å². The van der Waals surface area contributed by atoms with Crippen molar-refractivity contribution in [2.24, 2.45) is 0 Å². The van der Waals surface area contributed by atoms with Crippen molar-refractivity contribution in [2.45, 2.75) is 0 Å². The van der Waals surface area contributed by atoms with Crippen LogP contribution in [-0.2, 0) is 0 Å². The number of hydrogen-bond acceptors (Lipinski definition) is 4. The Bertz CT molecular complexity index is 807. The molecule has 6 nitrogen and oxygen atoms in total. The molecular formula is C16H13Cl2NO5. The number of rotatable bonds is 5. The van der Waals surface area contributed by atoms with Crippen LogP contribution >= 0.6 is 23.2 Å². The lowest BCUT2D eigenvalue weighted by Gasteiger charge is -2.14. The molecule has 2 aromatic rings. The maximum atomic E-state index is 12.4. The van der Waals surface area contributed by atoms with Crippen molar-refractivity contribution in [1.29, 1.82) is 0 Å². The predicted molar refractivity (Wildman–Crippen MR) is 90.9 cm³/mol. The highest BCUT2D eigenvalue weighted by Crippen LogP contribution is 2.34. The molecule has 2 rings (SSSR count). The normalized spacial score (nSPS) is 10.2. The first-order valence-corrected chi connectivity index (χ1v) is 7.38. The molecule has 2 N–H and O–H groups in total. The number of carbonyl (C=O) groups is 2. The summed E-state index contributed by atoms with van der Waals surface area (Å²) in [7, 11) is 2.79. The minimum absolute atomic E-state index is 0.0520. The second kappa shape index (κ2) is 7.42. The molecule has 24 heavy (non-hydrogen) atoms. The second-order valence-electron chi connectivity index (χ2n) is 4.64. The lowest BCUT2D eigenvalue weighted by Crippen LogP contribution is -2.15. The number of nitrogens with one attached hydrogen (secondary N) is 1. The molecule has 0 unspecified atom stereocenters. The molecule has 0 aliphatic carbocycles. The molecule has 0 saturated heterocycles. The number of amides is 1. The number of hydrogen-bond donors (Lipinski definition) is 2. The van der Waals surface area contributed by atoms with Crippen LogP contribution in [0.25, 0.3) is 0 Å². The van der Waals surface area contributed by atoms with Gasteiger partial charge in [0, 0.05) is 17.2 Å². The fourth-order valence-corrected chi connectivity index (χ4v) is 2.52. The van der Waals surface area contributed by atoms with Gasteiger partial charge in [-0.05, 0) is 18.2 Å². The molecule has 0 aliphatic rings. The van der Waals surface area contributed by atoms with Crippen LogP contribution in [0, 0.1) is 0 Å². The van der Waals surface area contributed by atoms with E-state index in [2.05, 4.69) is 5.32 Å². The first kappa shape index (κ1) is 17.9. The van der Waals surface area contributed by atoms with Gasteiger partial charge in [-0.2, -0.15) is 0 Å².